The second-order valence-electron chi connectivity index (χ2n) is 7.39. The van der Waals surface area contributed by atoms with Crippen molar-refractivity contribution in [3.05, 3.63) is 57.8 Å². The van der Waals surface area contributed by atoms with Crippen molar-refractivity contribution in [2.75, 3.05) is 5.32 Å². The molecule has 0 aliphatic heterocycles. The number of ether oxygens (including phenoxy) is 2. The molecule has 28 heavy (non-hydrogen) atoms. The molecule has 1 aromatic heterocycles. The molecule has 2 aromatic rings. The van der Waals surface area contributed by atoms with Gasteiger partial charge in [-0.2, -0.15) is 0 Å². The molecule has 0 saturated carbocycles. The first kappa shape index (κ1) is 21.1. The third-order valence-corrected chi connectivity index (χ3v) is 3.64. The van der Waals surface area contributed by atoms with Crippen LogP contribution in [0.15, 0.2) is 35.3 Å². The minimum Gasteiger partial charge on any atom is -0.459 e. The Kier molecular flexibility index (Phi) is 6.56. The van der Waals surface area contributed by atoms with Gasteiger partial charge in [-0.05, 0) is 40.2 Å². The summed E-state index contributed by atoms with van der Waals surface area (Å²) in [7, 11) is 0. The van der Waals surface area contributed by atoms with Crippen molar-refractivity contribution in [2.45, 2.75) is 53.4 Å². The van der Waals surface area contributed by atoms with Crippen molar-refractivity contribution in [1.29, 1.82) is 0 Å². The van der Waals surface area contributed by atoms with E-state index in [1.54, 1.807) is 27.7 Å². The Bertz CT molecular complexity index is 928. The van der Waals surface area contributed by atoms with Crippen LogP contribution in [-0.2, 0) is 27.4 Å². The number of anilines is 1. The number of aryl methyl sites for hydroxylation is 2. The second-order valence-corrected chi connectivity index (χ2v) is 7.39. The highest BCUT2D eigenvalue weighted by atomic mass is 16.6. The van der Waals surface area contributed by atoms with E-state index in [0.717, 1.165) is 15.7 Å². The molecule has 0 aliphatic rings. The van der Waals surface area contributed by atoms with Gasteiger partial charge >= 0.3 is 12.1 Å². The van der Waals surface area contributed by atoms with E-state index >= 15 is 0 Å². The van der Waals surface area contributed by atoms with Crippen LogP contribution in [0.4, 0.5) is 10.5 Å². The first-order valence-electron chi connectivity index (χ1n) is 8.83. The summed E-state index contributed by atoms with van der Waals surface area (Å²) in [5, 5.41) is 2.38. The zero-order valence-electron chi connectivity index (χ0n) is 16.7. The maximum Gasteiger partial charge on any atom is 0.412 e. The van der Waals surface area contributed by atoms with E-state index in [-0.39, 0.29) is 18.8 Å². The van der Waals surface area contributed by atoms with E-state index in [1.807, 2.05) is 31.2 Å². The number of hydrogen-bond acceptors (Lipinski definition) is 6. The maximum atomic E-state index is 12.6. The first-order chi connectivity index (χ1) is 13.0. The predicted molar refractivity (Wildman–Crippen MR) is 104 cm³/mol. The molecule has 1 N–H and O–H groups in total. The molecule has 1 heterocycles. The molecule has 1 amide bonds. The summed E-state index contributed by atoms with van der Waals surface area (Å²) in [4.78, 5) is 40.7. The normalized spacial score (nSPS) is 11.0. The smallest absolute Gasteiger partial charge is 0.412 e. The predicted octanol–water partition coefficient (Wildman–Crippen LogP) is 2.95. The van der Waals surface area contributed by atoms with E-state index in [0.29, 0.717) is 5.82 Å². The third-order valence-electron chi connectivity index (χ3n) is 3.64. The topological polar surface area (TPSA) is 99.5 Å². The molecule has 0 fully saturated rings. The van der Waals surface area contributed by atoms with E-state index < -0.39 is 23.2 Å². The summed E-state index contributed by atoms with van der Waals surface area (Å²) in [6, 6.07) is 7.54. The van der Waals surface area contributed by atoms with Crippen LogP contribution in [0.2, 0.25) is 0 Å². The lowest BCUT2D eigenvalue weighted by Gasteiger charge is -2.20. The summed E-state index contributed by atoms with van der Waals surface area (Å²) < 4.78 is 11.5. The number of aromatic nitrogens is 2. The van der Waals surface area contributed by atoms with Crippen molar-refractivity contribution in [3.63, 3.8) is 0 Å². The van der Waals surface area contributed by atoms with Crippen molar-refractivity contribution >= 4 is 17.7 Å². The van der Waals surface area contributed by atoms with Gasteiger partial charge in [-0.15, -0.1) is 0 Å². The molecule has 150 valence electrons. The zero-order chi connectivity index (χ0) is 20.9. The summed E-state index contributed by atoms with van der Waals surface area (Å²) >= 11 is 0. The fourth-order valence-electron chi connectivity index (χ4n) is 2.45. The molecule has 8 nitrogen and oxygen atoms in total. The SMILES string of the molecule is Cc1cccc(COC(=O)Nc2cnc(C)n(CC(=O)OC(C)(C)C)c2=O)c1. The van der Waals surface area contributed by atoms with Crippen LogP contribution in [0.1, 0.15) is 37.7 Å². The Morgan fingerprint density at radius 2 is 1.93 bits per heavy atom. The Labute approximate surface area is 163 Å². The Hall–Kier alpha value is -3.16. The molecular formula is C20H25N3O5. The Morgan fingerprint density at radius 1 is 1.21 bits per heavy atom. The van der Waals surface area contributed by atoms with Gasteiger partial charge in [0.1, 0.15) is 30.3 Å². The lowest BCUT2D eigenvalue weighted by molar-refractivity contribution is -0.155. The first-order valence-corrected chi connectivity index (χ1v) is 8.83. The second kappa shape index (κ2) is 8.69. The van der Waals surface area contributed by atoms with Crippen LogP contribution in [0.25, 0.3) is 0 Å². The van der Waals surface area contributed by atoms with Crippen molar-refractivity contribution in [2.24, 2.45) is 0 Å². The van der Waals surface area contributed by atoms with E-state index in [2.05, 4.69) is 10.3 Å². The average Bonchev–Trinajstić information content (AvgIpc) is 2.58. The number of hydrogen-bond donors (Lipinski definition) is 1. The van der Waals surface area contributed by atoms with Gasteiger partial charge in [0.05, 0.1) is 6.20 Å². The lowest BCUT2D eigenvalue weighted by atomic mass is 10.1. The number of nitrogens with zero attached hydrogens (tertiary/aromatic N) is 2. The Morgan fingerprint density at radius 3 is 2.57 bits per heavy atom. The van der Waals surface area contributed by atoms with Gasteiger partial charge in [0.25, 0.3) is 5.56 Å². The van der Waals surface area contributed by atoms with Crippen molar-refractivity contribution < 1.29 is 19.1 Å². The number of nitrogens with one attached hydrogen (secondary N) is 1. The molecule has 0 aliphatic carbocycles. The minimum absolute atomic E-state index is 0.0684. The summed E-state index contributed by atoms with van der Waals surface area (Å²) in [6.07, 6.45) is 0.449. The maximum absolute atomic E-state index is 12.6. The minimum atomic E-state index is -0.784. The van der Waals surface area contributed by atoms with E-state index in [4.69, 9.17) is 9.47 Å². The van der Waals surface area contributed by atoms with Crippen LogP contribution in [0, 0.1) is 13.8 Å². The van der Waals surface area contributed by atoms with Gasteiger partial charge < -0.3 is 9.47 Å². The third kappa shape index (κ3) is 6.22. The average molecular weight is 387 g/mol. The molecule has 0 spiro atoms. The van der Waals surface area contributed by atoms with E-state index in [1.165, 1.54) is 6.20 Å². The fourth-order valence-corrected chi connectivity index (χ4v) is 2.45. The molecule has 8 heteroatoms. The summed E-state index contributed by atoms with van der Waals surface area (Å²) in [5.74, 6) is -0.242. The highest BCUT2D eigenvalue weighted by molar-refractivity contribution is 5.84. The van der Waals surface area contributed by atoms with Gasteiger partial charge in [-0.3, -0.25) is 19.5 Å². The van der Waals surface area contributed by atoms with Gasteiger partial charge in [-0.25, -0.2) is 9.78 Å². The van der Waals surface area contributed by atoms with Gasteiger partial charge in [0.2, 0.25) is 0 Å². The van der Waals surface area contributed by atoms with Gasteiger partial charge in [0, 0.05) is 0 Å². The number of rotatable bonds is 5. The molecule has 0 saturated heterocycles. The number of carbonyl (C=O) groups is 2. The quantitative estimate of drug-likeness (QED) is 0.792. The van der Waals surface area contributed by atoms with Crippen LogP contribution in [0.5, 0.6) is 0 Å². The zero-order valence-corrected chi connectivity index (χ0v) is 16.7. The largest absolute Gasteiger partial charge is 0.459 e. The number of carbonyl (C=O) groups excluding carboxylic acids is 2. The lowest BCUT2D eigenvalue weighted by Crippen LogP contribution is -2.33. The number of amides is 1. The molecule has 0 radical (unpaired) electrons. The van der Waals surface area contributed by atoms with Crippen LogP contribution < -0.4 is 10.9 Å². The molecule has 0 bridgehead atoms. The molecule has 1 aromatic carbocycles. The van der Waals surface area contributed by atoms with Crippen LogP contribution in [0.3, 0.4) is 0 Å². The van der Waals surface area contributed by atoms with E-state index in [9.17, 15) is 14.4 Å². The monoisotopic (exact) mass is 387 g/mol. The molecular weight excluding hydrogens is 362 g/mol. The summed E-state index contributed by atoms with van der Waals surface area (Å²) in [5.41, 5.74) is 0.570. The molecule has 2 rings (SSSR count). The van der Waals surface area contributed by atoms with Crippen LogP contribution in [-0.4, -0.2) is 27.2 Å². The highest BCUT2D eigenvalue weighted by Crippen LogP contribution is 2.09. The number of benzene rings is 1. The van der Waals surface area contributed by atoms with Crippen LogP contribution >= 0.6 is 0 Å². The fraction of sp³-hybridized carbons (Fsp3) is 0.400. The molecule has 0 unspecified atom stereocenters. The van der Waals surface area contributed by atoms with Gasteiger partial charge in [-0.1, -0.05) is 29.8 Å². The molecule has 0 atom stereocenters. The van der Waals surface area contributed by atoms with Crippen molar-refractivity contribution in [3.8, 4) is 0 Å². The van der Waals surface area contributed by atoms with Crippen molar-refractivity contribution in [1.82, 2.24) is 9.55 Å². The van der Waals surface area contributed by atoms with Gasteiger partial charge in [0.15, 0.2) is 0 Å². The Balaban J connectivity index is 2.06. The highest BCUT2D eigenvalue weighted by Gasteiger charge is 2.19. The standard InChI is InChI=1S/C20H25N3O5/c1-13-7-6-8-15(9-13)12-27-19(26)22-16-10-21-14(2)23(18(16)25)11-17(24)28-20(3,4)5/h6-10H,11-12H2,1-5H3,(H,22,26). The summed E-state index contributed by atoms with van der Waals surface area (Å²) in [6.45, 7) is 8.50. The number of esters is 1.